The van der Waals surface area contributed by atoms with Gasteiger partial charge in [-0.1, -0.05) is 76.8 Å². The highest BCUT2D eigenvalue weighted by Crippen LogP contribution is 2.30. The Balaban J connectivity index is 1.45. The van der Waals surface area contributed by atoms with Gasteiger partial charge in [0.05, 0.1) is 5.75 Å². The van der Waals surface area contributed by atoms with Gasteiger partial charge in [-0.05, 0) is 29.8 Å². The third kappa shape index (κ3) is 6.04. The molecule has 0 spiro atoms. The Bertz CT molecular complexity index is 825. The molecule has 0 aliphatic carbocycles. The zero-order valence-electron chi connectivity index (χ0n) is 13.0. The van der Waals surface area contributed by atoms with Gasteiger partial charge in [-0.25, -0.2) is 0 Å². The van der Waals surface area contributed by atoms with Crippen LogP contribution in [0.1, 0.15) is 5.56 Å². The molecule has 0 aliphatic heterocycles. The van der Waals surface area contributed by atoms with Gasteiger partial charge in [-0.2, -0.15) is 0 Å². The fourth-order valence-electron chi connectivity index (χ4n) is 1.89. The number of hydrogen-bond acceptors (Lipinski definition) is 6. The predicted molar refractivity (Wildman–Crippen MR) is 107 cm³/mol. The summed E-state index contributed by atoms with van der Waals surface area (Å²) in [5.41, 5.74) is 1.98. The molecule has 1 N–H and O–H groups in total. The first-order valence-corrected chi connectivity index (χ1v) is 10.5. The number of hydrogen-bond donors (Lipinski definition) is 1. The molecule has 0 radical (unpaired) electrons. The maximum Gasteiger partial charge on any atom is 0.234 e. The van der Waals surface area contributed by atoms with Crippen LogP contribution < -0.4 is 5.32 Å². The van der Waals surface area contributed by atoms with Crippen LogP contribution in [0.2, 0.25) is 5.02 Å². The molecule has 0 atom stereocenters. The number of carbonyl (C=O) groups is 1. The number of amides is 1. The van der Waals surface area contributed by atoms with Gasteiger partial charge in [0.25, 0.3) is 0 Å². The molecular formula is C17H14ClN3OS3. The third-order valence-electron chi connectivity index (χ3n) is 3.05. The summed E-state index contributed by atoms with van der Waals surface area (Å²) in [6.07, 6.45) is 0. The Morgan fingerprint density at radius 3 is 2.40 bits per heavy atom. The molecule has 4 nitrogen and oxygen atoms in total. The molecule has 0 aliphatic rings. The first kappa shape index (κ1) is 18.3. The number of nitrogens with zero attached hydrogens (tertiary/aromatic N) is 2. The molecule has 0 bridgehead atoms. The Kier molecular flexibility index (Phi) is 6.75. The lowest BCUT2D eigenvalue weighted by Crippen LogP contribution is -2.13. The smallest absolute Gasteiger partial charge is 0.234 e. The molecule has 3 rings (SSSR count). The van der Waals surface area contributed by atoms with E-state index in [4.69, 9.17) is 11.6 Å². The topological polar surface area (TPSA) is 54.9 Å². The van der Waals surface area contributed by atoms with Gasteiger partial charge in [0.1, 0.15) is 0 Å². The lowest BCUT2D eigenvalue weighted by Gasteiger charge is -2.03. The fourth-order valence-corrected chi connectivity index (χ4v) is 4.79. The number of thioether (sulfide) groups is 2. The van der Waals surface area contributed by atoms with E-state index in [1.807, 2.05) is 18.2 Å². The summed E-state index contributed by atoms with van der Waals surface area (Å²) >= 11 is 10.4. The summed E-state index contributed by atoms with van der Waals surface area (Å²) in [6.45, 7) is 0. The maximum atomic E-state index is 12.0. The molecule has 3 aromatic rings. The van der Waals surface area contributed by atoms with Crippen LogP contribution in [0.5, 0.6) is 0 Å². The lowest BCUT2D eigenvalue weighted by atomic mass is 10.2. The Morgan fingerprint density at radius 2 is 1.68 bits per heavy atom. The normalized spacial score (nSPS) is 10.6. The van der Waals surface area contributed by atoms with Crippen LogP contribution in [0.4, 0.5) is 5.69 Å². The Hall–Kier alpha value is -1.54. The molecule has 8 heteroatoms. The quantitative estimate of drug-likeness (QED) is 0.544. The lowest BCUT2D eigenvalue weighted by molar-refractivity contribution is -0.113. The minimum atomic E-state index is -0.0824. The summed E-state index contributed by atoms with van der Waals surface area (Å²) in [7, 11) is 0. The molecular weight excluding hydrogens is 394 g/mol. The summed E-state index contributed by atoms with van der Waals surface area (Å²) in [5.74, 6) is 1.07. The monoisotopic (exact) mass is 407 g/mol. The number of halogens is 1. The van der Waals surface area contributed by atoms with Gasteiger partial charge in [-0.3, -0.25) is 4.79 Å². The molecule has 0 saturated heterocycles. The van der Waals surface area contributed by atoms with Gasteiger partial charge in [-0.15, -0.1) is 10.2 Å². The highest BCUT2D eigenvalue weighted by Gasteiger charge is 2.09. The zero-order chi connectivity index (χ0) is 17.5. The number of anilines is 1. The van der Waals surface area contributed by atoms with Gasteiger partial charge in [0.2, 0.25) is 5.91 Å². The highest BCUT2D eigenvalue weighted by atomic mass is 35.5. The number of nitrogens with one attached hydrogen (secondary N) is 1. The zero-order valence-corrected chi connectivity index (χ0v) is 16.2. The fraction of sp³-hybridized carbons (Fsp3) is 0.118. The second kappa shape index (κ2) is 9.24. The Morgan fingerprint density at radius 1 is 1.00 bits per heavy atom. The number of benzene rings is 2. The van der Waals surface area contributed by atoms with Crippen LogP contribution in [-0.2, 0) is 10.5 Å². The molecule has 2 aromatic carbocycles. The van der Waals surface area contributed by atoms with Gasteiger partial charge >= 0.3 is 0 Å². The summed E-state index contributed by atoms with van der Waals surface area (Å²) in [4.78, 5) is 12.0. The van der Waals surface area contributed by atoms with Crippen molar-refractivity contribution in [3.05, 3.63) is 65.2 Å². The summed E-state index contributed by atoms with van der Waals surface area (Å²) in [6, 6.07) is 17.3. The van der Waals surface area contributed by atoms with Crippen LogP contribution in [0.3, 0.4) is 0 Å². The minimum absolute atomic E-state index is 0.0824. The molecule has 1 heterocycles. The van der Waals surface area contributed by atoms with Crippen LogP contribution in [-0.4, -0.2) is 21.9 Å². The van der Waals surface area contributed by atoms with Gasteiger partial charge in [0, 0.05) is 16.5 Å². The first-order valence-electron chi connectivity index (χ1n) is 7.37. The first-order chi connectivity index (χ1) is 12.2. The van der Waals surface area contributed by atoms with Crippen LogP contribution in [0, 0.1) is 0 Å². The molecule has 0 saturated carbocycles. The van der Waals surface area contributed by atoms with Gasteiger partial charge < -0.3 is 5.32 Å². The molecule has 0 unspecified atom stereocenters. The van der Waals surface area contributed by atoms with E-state index in [-0.39, 0.29) is 5.91 Å². The minimum Gasteiger partial charge on any atom is -0.325 e. The van der Waals surface area contributed by atoms with E-state index in [1.54, 1.807) is 36.0 Å². The maximum absolute atomic E-state index is 12.0. The van der Waals surface area contributed by atoms with Crippen molar-refractivity contribution in [2.75, 3.05) is 11.1 Å². The standard InChI is InChI=1S/C17H14ClN3OS3/c18-13-6-8-14(9-7-13)19-15(22)11-24-17-21-20-16(25-17)23-10-12-4-2-1-3-5-12/h1-9H,10-11H2,(H,19,22). The van der Waals surface area contributed by atoms with E-state index < -0.39 is 0 Å². The van der Waals surface area contributed by atoms with Crippen molar-refractivity contribution in [1.29, 1.82) is 0 Å². The molecule has 1 amide bonds. The average molecular weight is 408 g/mol. The number of carbonyl (C=O) groups excluding carboxylic acids is 1. The third-order valence-corrected chi connectivity index (χ3v) is 6.56. The van der Waals surface area contributed by atoms with E-state index in [9.17, 15) is 4.79 Å². The van der Waals surface area contributed by atoms with Crippen LogP contribution >= 0.6 is 46.5 Å². The van der Waals surface area contributed by atoms with Crippen molar-refractivity contribution in [3.63, 3.8) is 0 Å². The van der Waals surface area contributed by atoms with E-state index in [0.29, 0.717) is 10.8 Å². The van der Waals surface area contributed by atoms with Crippen molar-refractivity contribution >= 4 is 58.1 Å². The van der Waals surface area contributed by atoms with E-state index >= 15 is 0 Å². The molecule has 128 valence electrons. The molecule has 1 aromatic heterocycles. The van der Waals surface area contributed by atoms with E-state index in [1.165, 1.54) is 28.7 Å². The molecule has 25 heavy (non-hydrogen) atoms. The average Bonchev–Trinajstić information content (AvgIpc) is 3.09. The van der Waals surface area contributed by atoms with E-state index in [0.717, 1.165) is 20.1 Å². The second-order valence-electron chi connectivity index (χ2n) is 4.95. The summed E-state index contributed by atoms with van der Waals surface area (Å²) in [5, 5.41) is 11.8. The largest absolute Gasteiger partial charge is 0.325 e. The second-order valence-corrected chi connectivity index (χ2v) is 8.81. The van der Waals surface area contributed by atoms with Crippen LogP contribution in [0.15, 0.2) is 63.3 Å². The SMILES string of the molecule is O=C(CSc1nnc(SCc2ccccc2)s1)Nc1ccc(Cl)cc1. The van der Waals surface area contributed by atoms with E-state index in [2.05, 4.69) is 27.6 Å². The van der Waals surface area contributed by atoms with Crippen molar-refractivity contribution in [1.82, 2.24) is 10.2 Å². The van der Waals surface area contributed by atoms with Crippen molar-refractivity contribution < 1.29 is 4.79 Å². The highest BCUT2D eigenvalue weighted by molar-refractivity contribution is 8.03. The summed E-state index contributed by atoms with van der Waals surface area (Å²) < 4.78 is 1.70. The van der Waals surface area contributed by atoms with Crippen molar-refractivity contribution in [2.45, 2.75) is 14.4 Å². The Labute approximate surface area is 163 Å². The predicted octanol–water partition coefficient (Wildman–Crippen LogP) is 5.21. The number of rotatable bonds is 7. The number of aromatic nitrogens is 2. The molecule has 0 fully saturated rings. The van der Waals surface area contributed by atoms with Crippen molar-refractivity contribution in [2.24, 2.45) is 0 Å². The van der Waals surface area contributed by atoms with Crippen molar-refractivity contribution in [3.8, 4) is 0 Å². The van der Waals surface area contributed by atoms with Gasteiger partial charge in [0.15, 0.2) is 8.68 Å². The van der Waals surface area contributed by atoms with Crippen LogP contribution in [0.25, 0.3) is 0 Å².